The van der Waals surface area contributed by atoms with Gasteiger partial charge in [0.1, 0.15) is 0 Å². The van der Waals surface area contributed by atoms with Gasteiger partial charge in [0.25, 0.3) is 0 Å². The fourth-order valence-electron chi connectivity index (χ4n) is 2.09. The van der Waals surface area contributed by atoms with Crippen molar-refractivity contribution in [2.24, 2.45) is 17.1 Å². The van der Waals surface area contributed by atoms with Gasteiger partial charge in [-0.05, 0) is 32.7 Å². The number of carbonyl (C=O) groups is 1. The van der Waals surface area contributed by atoms with Crippen molar-refractivity contribution in [1.82, 2.24) is 4.90 Å². The molecule has 4 heteroatoms. The topological polar surface area (TPSA) is 55.6 Å². The fraction of sp³-hybridized carbons (Fsp3) is 0.917. The highest BCUT2D eigenvalue weighted by atomic mass is 16.5. The second-order valence-corrected chi connectivity index (χ2v) is 5.53. The van der Waals surface area contributed by atoms with Crippen molar-refractivity contribution < 1.29 is 9.53 Å². The number of nitrogens with zero attached hydrogens (tertiary/aromatic N) is 1. The van der Waals surface area contributed by atoms with E-state index < -0.39 is 5.41 Å². The van der Waals surface area contributed by atoms with Crippen molar-refractivity contribution in [3.8, 4) is 0 Å². The Morgan fingerprint density at radius 2 is 2.12 bits per heavy atom. The summed E-state index contributed by atoms with van der Waals surface area (Å²) in [6.45, 7) is 8.93. The third kappa shape index (κ3) is 3.19. The maximum absolute atomic E-state index is 11.5. The van der Waals surface area contributed by atoms with E-state index in [9.17, 15) is 4.79 Å². The molecule has 1 aliphatic heterocycles. The Balaban J connectivity index is 2.38. The molecule has 1 rings (SSSR count). The van der Waals surface area contributed by atoms with Crippen LogP contribution in [0.1, 0.15) is 27.2 Å². The van der Waals surface area contributed by atoms with Gasteiger partial charge in [-0.25, -0.2) is 0 Å². The van der Waals surface area contributed by atoms with Gasteiger partial charge in [-0.3, -0.25) is 4.79 Å². The van der Waals surface area contributed by atoms with Crippen molar-refractivity contribution in [2.45, 2.75) is 33.2 Å². The van der Waals surface area contributed by atoms with Crippen LogP contribution < -0.4 is 5.73 Å². The summed E-state index contributed by atoms with van der Waals surface area (Å²) in [6.07, 6.45) is 0.819. The van der Waals surface area contributed by atoms with Gasteiger partial charge in [0.05, 0.1) is 12.5 Å². The van der Waals surface area contributed by atoms with Gasteiger partial charge in [0, 0.05) is 19.1 Å². The summed E-state index contributed by atoms with van der Waals surface area (Å²) >= 11 is 0. The molecule has 1 heterocycles. The Labute approximate surface area is 98.1 Å². The molecule has 2 atom stereocenters. The predicted octanol–water partition coefficient (Wildman–Crippen LogP) is 0.855. The molecule has 0 amide bonds. The van der Waals surface area contributed by atoms with Crippen molar-refractivity contribution in [2.75, 3.05) is 26.7 Å². The number of likely N-dealkylation sites (tertiary alicyclic amines) is 1. The molecule has 1 aliphatic rings. The van der Waals surface area contributed by atoms with Crippen molar-refractivity contribution >= 4 is 5.97 Å². The highest BCUT2D eigenvalue weighted by Crippen LogP contribution is 2.24. The standard InChI is InChI=1S/C12H24N2O2/c1-9-7-14(8-10(9)13)6-5-12(2,3)11(15)16-4/h9-10H,5-8,13H2,1-4H3. The molecule has 2 N–H and O–H groups in total. The quantitative estimate of drug-likeness (QED) is 0.725. The molecular formula is C12H24N2O2. The first-order valence-corrected chi connectivity index (χ1v) is 5.93. The van der Waals surface area contributed by atoms with E-state index in [2.05, 4.69) is 11.8 Å². The van der Waals surface area contributed by atoms with E-state index in [0.29, 0.717) is 5.92 Å². The van der Waals surface area contributed by atoms with Crippen molar-refractivity contribution in [1.29, 1.82) is 0 Å². The average molecular weight is 228 g/mol. The molecular weight excluding hydrogens is 204 g/mol. The summed E-state index contributed by atoms with van der Waals surface area (Å²) in [7, 11) is 1.44. The maximum Gasteiger partial charge on any atom is 0.311 e. The Kier molecular flexibility index (Phi) is 4.33. The molecule has 0 radical (unpaired) electrons. The van der Waals surface area contributed by atoms with Gasteiger partial charge in [-0.15, -0.1) is 0 Å². The first-order valence-electron chi connectivity index (χ1n) is 5.93. The lowest BCUT2D eigenvalue weighted by Gasteiger charge is -2.24. The van der Waals surface area contributed by atoms with Gasteiger partial charge in [-0.2, -0.15) is 0 Å². The molecule has 1 fully saturated rings. The summed E-state index contributed by atoms with van der Waals surface area (Å²) in [4.78, 5) is 13.8. The molecule has 16 heavy (non-hydrogen) atoms. The lowest BCUT2D eigenvalue weighted by atomic mass is 9.89. The molecule has 0 bridgehead atoms. The van der Waals surface area contributed by atoms with Crippen LogP contribution >= 0.6 is 0 Å². The van der Waals surface area contributed by atoms with Crippen molar-refractivity contribution in [3.63, 3.8) is 0 Å². The number of rotatable bonds is 4. The minimum absolute atomic E-state index is 0.135. The fourth-order valence-corrected chi connectivity index (χ4v) is 2.09. The van der Waals surface area contributed by atoms with Crippen LogP contribution in [-0.4, -0.2) is 43.7 Å². The summed E-state index contributed by atoms with van der Waals surface area (Å²) in [6, 6.07) is 0.279. The van der Waals surface area contributed by atoms with Crippen LogP contribution in [0.5, 0.6) is 0 Å². The Bertz CT molecular complexity index is 243. The normalized spacial score (nSPS) is 27.1. The Hall–Kier alpha value is -0.610. The van der Waals surface area contributed by atoms with Gasteiger partial charge >= 0.3 is 5.97 Å². The summed E-state index contributed by atoms with van der Waals surface area (Å²) < 4.78 is 4.79. The third-order valence-corrected chi connectivity index (χ3v) is 3.54. The van der Waals surface area contributed by atoms with E-state index in [4.69, 9.17) is 10.5 Å². The number of esters is 1. The Morgan fingerprint density at radius 3 is 2.56 bits per heavy atom. The van der Waals surface area contributed by atoms with Crippen LogP contribution in [-0.2, 0) is 9.53 Å². The molecule has 0 saturated carbocycles. The van der Waals surface area contributed by atoms with E-state index in [1.807, 2.05) is 13.8 Å². The molecule has 0 aromatic rings. The van der Waals surface area contributed by atoms with Gasteiger partial charge < -0.3 is 15.4 Å². The highest BCUT2D eigenvalue weighted by molar-refractivity contribution is 5.75. The van der Waals surface area contributed by atoms with E-state index in [-0.39, 0.29) is 12.0 Å². The minimum Gasteiger partial charge on any atom is -0.469 e. The molecule has 0 aliphatic carbocycles. The predicted molar refractivity (Wildman–Crippen MR) is 64.0 cm³/mol. The van der Waals surface area contributed by atoms with Gasteiger partial charge in [0.2, 0.25) is 0 Å². The van der Waals surface area contributed by atoms with Crippen LogP contribution in [0.2, 0.25) is 0 Å². The second kappa shape index (κ2) is 5.15. The van der Waals surface area contributed by atoms with Crippen LogP contribution in [0.15, 0.2) is 0 Å². The smallest absolute Gasteiger partial charge is 0.311 e. The largest absolute Gasteiger partial charge is 0.469 e. The number of methoxy groups -OCH3 is 1. The minimum atomic E-state index is -0.398. The van der Waals surface area contributed by atoms with E-state index in [0.717, 1.165) is 26.1 Å². The number of hydrogen-bond acceptors (Lipinski definition) is 4. The molecule has 94 valence electrons. The summed E-state index contributed by atoms with van der Waals surface area (Å²) in [5.74, 6) is 0.422. The third-order valence-electron chi connectivity index (χ3n) is 3.54. The lowest BCUT2D eigenvalue weighted by molar-refractivity contribution is -0.151. The zero-order chi connectivity index (χ0) is 12.3. The van der Waals surface area contributed by atoms with Crippen LogP contribution in [0.4, 0.5) is 0 Å². The maximum atomic E-state index is 11.5. The first-order chi connectivity index (χ1) is 7.36. The summed E-state index contributed by atoms with van der Waals surface area (Å²) in [5, 5.41) is 0. The Morgan fingerprint density at radius 1 is 1.50 bits per heavy atom. The highest BCUT2D eigenvalue weighted by Gasteiger charge is 2.32. The van der Waals surface area contributed by atoms with E-state index >= 15 is 0 Å². The average Bonchev–Trinajstić information content (AvgIpc) is 2.54. The molecule has 2 unspecified atom stereocenters. The zero-order valence-corrected chi connectivity index (χ0v) is 10.8. The van der Waals surface area contributed by atoms with Gasteiger partial charge in [0.15, 0.2) is 0 Å². The molecule has 1 saturated heterocycles. The monoisotopic (exact) mass is 228 g/mol. The number of nitrogens with two attached hydrogens (primary N) is 1. The SMILES string of the molecule is COC(=O)C(C)(C)CCN1CC(C)C(N)C1. The van der Waals surface area contributed by atoms with Crippen molar-refractivity contribution in [3.05, 3.63) is 0 Å². The molecule has 0 aromatic heterocycles. The second-order valence-electron chi connectivity index (χ2n) is 5.53. The number of carbonyl (C=O) groups excluding carboxylic acids is 1. The molecule has 0 aromatic carbocycles. The number of hydrogen-bond donors (Lipinski definition) is 1. The van der Waals surface area contributed by atoms with Crippen LogP contribution in [0.25, 0.3) is 0 Å². The zero-order valence-electron chi connectivity index (χ0n) is 10.8. The molecule has 4 nitrogen and oxygen atoms in total. The lowest BCUT2D eigenvalue weighted by Crippen LogP contribution is -2.33. The van der Waals surface area contributed by atoms with Gasteiger partial charge in [-0.1, -0.05) is 6.92 Å². The first kappa shape index (κ1) is 13.5. The molecule has 0 spiro atoms. The van der Waals surface area contributed by atoms with Crippen LogP contribution in [0, 0.1) is 11.3 Å². The van der Waals surface area contributed by atoms with E-state index in [1.165, 1.54) is 7.11 Å². The van der Waals surface area contributed by atoms with Crippen LogP contribution in [0.3, 0.4) is 0 Å². The number of ether oxygens (including phenoxy) is 1. The summed E-state index contributed by atoms with van der Waals surface area (Å²) in [5.41, 5.74) is 5.56. The van der Waals surface area contributed by atoms with E-state index in [1.54, 1.807) is 0 Å².